The van der Waals surface area contributed by atoms with E-state index in [0.717, 1.165) is 31.4 Å². The number of primary amides is 1. The molecule has 0 spiro atoms. The second kappa shape index (κ2) is 16.0. The number of benzene rings is 2. The maximum Gasteiger partial charge on any atom is 0.490 e. The normalized spacial score (nSPS) is 11.7. The molecule has 0 saturated carbocycles. The van der Waals surface area contributed by atoms with E-state index in [1.807, 2.05) is 30.3 Å². The molecular formula is C23H26F6N2O6. The first kappa shape index (κ1) is 33.2. The highest BCUT2D eigenvalue weighted by Gasteiger charge is 2.38. The first-order valence-corrected chi connectivity index (χ1v) is 10.5. The maximum absolute atomic E-state index is 11.6. The monoisotopic (exact) mass is 540 g/mol. The minimum atomic E-state index is -5.08. The van der Waals surface area contributed by atoms with Crippen LogP contribution in [-0.4, -0.2) is 58.1 Å². The minimum Gasteiger partial charge on any atom is -0.508 e. The van der Waals surface area contributed by atoms with Gasteiger partial charge in [-0.15, -0.1) is 0 Å². The molecule has 206 valence electrons. The smallest absolute Gasteiger partial charge is 0.490 e. The molecule has 0 aliphatic rings. The summed E-state index contributed by atoms with van der Waals surface area (Å²) in [5, 5.41) is 26.9. The van der Waals surface area contributed by atoms with E-state index < -0.39 is 24.3 Å². The molecule has 1 amide bonds. The summed E-state index contributed by atoms with van der Waals surface area (Å²) in [6.07, 6.45) is -6.90. The summed E-state index contributed by atoms with van der Waals surface area (Å²) < 4.78 is 63.5. The molecule has 0 fully saturated rings. The van der Waals surface area contributed by atoms with Gasteiger partial charge in [-0.25, -0.2) is 9.59 Å². The van der Waals surface area contributed by atoms with Crippen molar-refractivity contribution < 1.29 is 56.0 Å². The Balaban J connectivity index is 0.000000761. The van der Waals surface area contributed by atoms with Crippen molar-refractivity contribution >= 4 is 17.8 Å². The zero-order valence-electron chi connectivity index (χ0n) is 19.2. The molecule has 1 unspecified atom stereocenters. The van der Waals surface area contributed by atoms with Gasteiger partial charge < -0.3 is 26.4 Å². The number of carbonyl (C=O) groups excluding carboxylic acids is 1. The number of aliphatic carboxylic acids is 2. The second-order valence-electron chi connectivity index (χ2n) is 7.31. The first-order chi connectivity index (χ1) is 17.0. The predicted molar refractivity (Wildman–Crippen MR) is 120 cm³/mol. The Morgan fingerprint density at radius 2 is 1.30 bits per heavy atom. The molecule has 8 nitrogen and oxygen atoms in total. The zero-order chi connectivity index (χ0) is 28.6. The molecule has 0 bridgehead atoms. The van der Waals surface area contributed by atoms with Gasteiger partial charge in [0.1, 0.15) is 5.75 Å². The number of halogens is 6. The molecule has 0 aromatic heterocycles. The van der Waals surface area contributed by atoms with E-state index in [1.54, 1.807) is 12.1 Å². The van der Waals surface area contributed by atoms with Crippen molar-refractivity contribution in [1.82, 2.24) is 5.32 Å². The van der Waals surface area contributed by atoms with Crippen molar-refractivity contribution in [2.24, 2.45) is 5.73 Å². The molecule has 0 radical (unpaired) electrons. The van der Waals surface area contributed by atoms with Crippen LogP contribution in [0.15, 0.2) is 54.6 Å². The molecule has 0 saturated heterocycles. The topological polar surface area (TPSA) is 150 Å². The van der Waals surface area contributed by atoms with Crippen molar-refractivity contribution in [1.29, 1.82) is 0 Å². The van der Waals surface area contributed by atoms with Gasteiger partial charge in [0.15, 0.2) is 0 Å². The number of carboxylic acids is 2. The van der Waals surface area contributed by atoms with Crippen molar-refractivity contribution in [3.8, 4) is 5.75 Å². The lowest BCUT2D eigenvalue weighted by molar-refractivity contribution is -0.193. The largest absolute Gasteiger partial charge is 0.508 e. The number of phenols is 1. The highest BCUT2D eigenvalue weighted by atomic mass is 19.4. The molecule has 37 heavy (non-hydrogen) atoms. The summed E-state index contributed by atoms with van der Waals surface area (Å²) in [4.78, 5) is 29.3. The van der Waals surface area contributed by atoms with Crippen LogP contribution in [0.25, 0.3) is 0 Å². The molecule has 0 aliphatic carbocycles. The number of alkyl halides is 6. The van der Waals surface area contributed by atoms with Gasteiger partial charge >= 0.3 is 24.3 Å². The van der Waals surface area contributed by atoms with E-state index in [-0.39, 0.29) is 17.7 Å². The fourth-order valence-corrected chi connectivity index (χ4v) is 2.58. The average molecular weight is 540 g/mol. The molecule has 2 aromatic carbocycles. The van der Waals surface area contributed by atoms with Gasteiger partial charge in [-0.2, -0.15) is 26.3 Å². The predicted octanol–water partition coefficient (Wildman–Crippen LogP) is 3.67. The van der Waals surface area contributed by atoms with Crippen LogP contribution >= 0.6 is 0 Å². The molecule has 2 aromatic rings. The number of nitrogens with two attached hydrogens (primary N) is 1. The molecule has 1 atom stereocenters. The Hall–Kier alpha value is -3.81. The van der Waals surface area contributed by atoms with Crippen LogP contribution in [-0.2, 0) is 27.2 Å². The van der Waals surface area contributed by atoms with Crippen molar-refractivity contribution in [2.75, 3.05) is 6.54 Å². The Morgan fingerprint density at radius 3 is 1.73 bits per heavy atom. The third kappa shape index (κ3) is 16.5. The second-order valence-corrected chi connectivity index (χ2v) is 7.31. The van der Waals surface area contributed by atoms with E-state index in [4.69, 9.17) is 25.5 Å². The molecular weight excluding hydrogens is 514 g/mol. The number of hydrogen-bond acceptors (Lipinski definition) is 5. The molecule has 6 N–H and O–H groups in total. The molecule has 2 rings (SSSR count). The summed E-state index contributed by atoms with van der Waals surface area (Å²) in [7, 11) is 0. The Bertz CT molecular complexity index is 960. The standard InChI is InChI=1S/C19H24N2O2.2C2HF3O2/c20-19(23)18(12-11-15-6-2-1-3-7-15)21-13-5-9-16-8-4-10-17(22)14-16;2*3-2(4,5)1(6)7/h1-4,6-8,10,14,18,21-22H,5,9,11-13H2,(H2,20,23);2*(H,6,7). The van der Waals surface area contributed by atoms with Gasteiger partial charge in [-0.1, -0.05) is 42.5 Å². The number of carbonyl (C=O) groups is 3. The van der Waals surface area contributed by atoms with Gasteiger partial charge in [0, 0.05) is 0 Å². The van der Waals surface area contributed by atoms with Gasteiger partial charge in [0.05, 0.1) is 6.04 Å². The van der Waals surface area contributed by atoms with E-state index in [9.17, 15) is 36.2 Å². The number of phenolic OH excluding ortho intramolecular Hbond substituents is 1. The summed E-state index contributed by atoms with van der Waals surface area (Å²) in [5.74, 6) is -5.54. The number of nitrogens with one attached hydrogen (secondary N) is 1. The SMILES string of the molecule is NC(=O)C(CCc1ccccc1)NCCCc1cccc(O)c1.O=C(O)C(F)(F)F.O=C(O)C(F)(F)F. The Kier molecular flexibility index (Phi) is 14.4. The van der Waals surface area contributed by atoms with Crippen LogP contribution in [0.4, 0.5) is 26.3 Å². The fraction of sp³-hybridized carbons (Fsp3) is 0.348. The summed E-state index contributed by atoms with van der Waals surface area (Å²) in [6.45, 7) is 0.720. The van der Waals surface area contributed by atoms with Gasteiger partial charge in [-0.3, -0.25) is 4.79 Å². The Labute approximate surface area is 207 Å². The highest BCUT2D eigenvalue weighted by molar-refractivity contribution is 5.79. The highest BCUT2D eigenvalue weighted by Crippen LogP contribution is 2.14. The summed E-state index contributed by atoms with van der Waals surface area (Å²) >= 11 is 0. The van der Waals surface area contributed by atoms with Crippen LogP contribution in [0.1, 0.15) is 24.0 Å². The van der Waals surface area contributed by atoms with E-state index in [1.165, 1.54) is 5.56 Å². The van der Waals surface area contributed by atoms with Gasteiger partial charge in [0.2, 0.25) is 5.91 Å². The van der Waals surface area contributed by atoms with Crippen LogP contribution in [0, 0.1) is 0 Å². The Morgan fingerprint density at radius 1 is 0.811 bits per heavy atom. The number of carboxylic acid groups (broad SMARTS) is 2. The van der Waals surface area contributed by atoms with Crippen LogP contribution < -0.4 is 11.1 Å². The fourth-order valence-electron chi connectivity index (χ4n) is 2.58. The van der Waals surface area contributed by atoms with Crippen molar-refractivity contribution in [3.63, 3.8) is 0 Å². The number of amides is 1. The third-order valence-corrected chi connectivity index (χ3v) is 4.34. The quantitative estimate of drug-likeness (QED) is 0.241. The van der Waals surface area contributed by atoms with E-state index >= 15 is 0 Å². The van der Waals surface area contributed by atoms with Gasteiger partial charge in [-0.05, 0) is 55.5 Å². The van der Waals surface area contributed by atoms with Crippen molar-refractivity contribution in [2.45, 2.75) is 44.1 Å². The summed E-state index contributed by atoms with van der Waals surface area (Å²) in [6, 6.07) is 17.0. The molecule has 0 aliphatic heterocycles. The average Bonchev–Trinajstić information content (AvgIpc) is 2.78. The lowest BCUT2D eigenvalue weighted by Crippen LogP contribution is -2.42. The molecule has 14 heteroatoms. The lowest BCUT2D eigenvalue weighted by atomic mass is 10.0. The van der Waals surface area contributed by atoms with E-state index in [2.05, 4.69) is 17.4 Å². The van der Waals surface area contributed by atoms with Crippen LogP contribution in [0.3, 0.4) is 0 Å². The summed E-state index contributed by atoms with van der Waals surface area (Å²) in [5.41, 5.74) is 7.78. The number of hydrogen-bond donors (Lipinski definition) is 5. The van der Waals surface area contributed by atoms with Crippen LogP contribution in [0.2, 0.25) is 0 Å². The number of rotatable bonds is 9. The number of aryl methyl sites for hydroxylation is 2. The number of aromatic hydroxyl groups is 1. The minimum absolute atomic E-state index is 0.285. The maximum atomic E-state index is 11.6. The van der Waals surface area contributed by atoms with Crippen molar-refractivity contribution in [3.05, 3.63) is 65.7 Å². The third-order valence-electron chi connectivity index (χ3n) is 4.34. The lowest BCUT2D eigenvalue weighted by Gasteiger charge is -2.15. The van der Waals surface area contributed by atoms with Gasteiger partial charge in [0.25, 0.3) is 0 Å². The zero-order valence-corrected chi connectivity index (χ0v) is 19.2. The first-order valence-electron chi connectivity index (χ1n) is 10.5. The molecule has 0 heterocycles. The van der Waals surface area contributed by atoms with Crippen LogP contribution in [0.5, 0.6) is 5.75 Å². The van der Waals surface area contributed by atoms with E-state index in [0.29, 0.717) is 6.42 Å².